The van der Waals surface area contributed by atoms with Crippen LogP contribution in [0.25, 0.3) is 0 Å². The average Bonchev–Trinajstić information content (AvgIpc) is 2.78. The van der Waals surface area contributed by atoms with Crippen LogP contribution in [0.2, 0.25) is 5.02 Å². The maximum absolute atomic E-state index is 13.0. The van der Waals surface area contributed by atoms with Crippen LogP contribution >= 0.6 is 11.6 Å². The van der Waals surface area contributed by atoms with E-state index in [0.29, 0.717) is 5.56 Å². The molecule has 0 radical (unpaired) electrons. The summed E-state index contributed by atoms with van der Waals surface area (Å²) in [5, 5.41) is 0.0295. The number of nitrogens with zero attached hydrogens (tertiary/aromatic N) is 1. The topological polar surface area (TPSA) is 80.8 Å². The predicted octanol–water partition coefficient (Wildman–Crippen LogP) is 4.20. The summed E-state index contributed by atoms with van der Waals surface area (Å²) in [6.45, 7) is -0.318. The molecule has 0 amide bonds. The van der Waals surface area contributed by atoms with Crippen molar-refractivity contribution in [2.45, 2.75) is 11.4 Å². The van der Waals surface area contributed by atoms with Crippen LogP contribution in [0.4, 0.5) is 0 Å². The van der Waals surface area contributed by atoms with Crippen LogP contribution in [0.1, 0.15) is 26.3 Å². The molecule has 0 heterocycles. The summed E-state index contributed by atoms with van der Waals surface area (Å²) in [6.07, 6.45) is 0. The quantitative estimate of drug-likeness (QED) is 0.374. The third-order valence-corrected chi connectivity index (χ3v) is 6.67. The lowest BCUT2D eigenvalue weighted by Crippen LogP contribution is -2.26. The van der Waals surface area contributed by atoms with Crippen LogP contribution in [0.15, 0.2) is 83.8 Å². The third kappa shape index (κ3) is 5.58. The van der Waals surface area contributed by atoms with Crippen molar-refractivity contribution in [3.8, 4) is 0 Å². The predicted molar refractivity (Wildman–Crippen MR) is 118 cm³/mol. The lowest BCUT2D eigenvalue weighted by Gasteiger charge is -2.18. The lowest BCUT2D eigenvalue weighted by molar-refractivity contribution is 0.0474. The molecule has 8 heteroatoms. The molecule has 0 aromatic heterocycles. The number of carbonyl (C=O) groups is 2. The second kappa shape index (κ2) is 9.87. The zero-order valence-electron chi connectivity index (χ0n) is 16.7. The molecular weight excluding hydrogens is 438 g/mol. The third-order valence-electron chi connectivity index (χ3n) is 4.54. The standard InChI is InChI=1S/C23H20ClNO5S/c1-25(15-17-8-4-2-5-9-17)31(28,29)19-12-13-21(24)20(14-19)23(27)30-16-22(26)18-10-6-3-7-11-18/h2-14H,15-16H2,1H3. The van der Waals surface area contributed by atoms with Crippen LogP contribution in [-0.2, 0) is 21.3 Å². The van der Waals surface area contributed by atoms with Gasteiger partial charge in [0, 0.05) is 19.2 Å². The van der Waals surface area contributed by atoms with E-state index >= 15 is 0 Å². The van der Waals surface area contributed by atoms with E-state index in [1.165, 1.54) is 23.5 Å². The summed E-state index contributed by atoms with van der Waals surface area (Å²) in [4.78, 5) is 24.5. The summed E-state index contributed by atoms with van der Waals surface area (Å²) in [6, 6.07) is 21.3. The van der Waals surface area contributed by atoms with Crippen LogP contribution in [0.5, 0.6) is 0 Å². The lowest BCUT2D eigenvalue weighted by atomic mass is 10.1. The van der Waals surface area contributed by atoms with Gasteiger partial charge < -0.3 is 4.74 Å². The van der Waals surface area contributed by atoms with Crippen molar-refractivity contribution in [3.05, 3.63) is 101 Å². The van der Waals surface area contributed by atoms with Gasteiger partial charge in [-0.05, 0) is 23.8 Å². The molecule has 0 N–H and O–H groups in total. The van der Waals surface area contributed by atoms with Gasteiger partial charge in [0.1, 0.15) is 0 Å². The van der Waals surface area contributed by atoms with E-state index in [1.807, 2.05) is 30.3 Å². The molecule has 3 rings (SSSR count). The molecule has 0 saturated heterocycles. The normalized spacial score (nSPS) is 11.3. The van der Waals surface area contributed by atoms with Gasteiger partial charge >= 0.3 is 5.97 Å². The van der Waals surface area contributed by atoms with Crippen molar-refractivity contribution < 1.29 is 22.7 Å². The molecule has 0 saturated carbocycles. The van der Waals surface area contributed by atoms with Crippen molar-refractivity contribution in [2.75, 3.05) is 13.7 Å². The number of hydrogen-bond donors (Lipinski definition) is 0. The zero-order valence-corrected chi connectivity index (χ0v) is 18.3. The molecular formula is C23H20ClNO5S. The molecule has 0 aliphatic carbocycles. The van der Waals surface area contributed by atoms with E-state index in [0.717, 1.165) is 11.6 Å². The Morgan fingerprint density at radius 1 is 0.935 bits per heavy atom. The van der Waals surface area contributed by atoms with Crippen LogP contribution in [0, 0.1) is 0 Å². The smallest absolute Gasteiger partial charge is 0.340 e. The number of Topliss-reactive ketones (excluding diaryl/α,β-unsaturated/α-hetero) is 1. The highest BCUT2D eigenvalue weighted by Gasteiger charge is 2.24. The van der Waals surface area contributed by atoms with Gasteiger partial charge in [0.15, 0.2) is 12.4 Å². The Morgan fingerprint density at radius 3 is 2.19 bits per heavy atom. The van der Waals surface area contributed by atoms with E-state index in [2.05, 4.69) is 0 Å². The van der Waals surface area contributed by atoms with E-state index in [-0.39, 0.29) is 27.8 Å². The van der Waals surface area contributed by atoms with Gasteiger partial charge in [-0.1, -0.05) is 72.3 Å². The fourth-order valence-corrected chi connectivity index (χ4v) is 4.22. The van der Waals surface area contributed by atoms with E-state index in [9.17, 15) is 18.0 Å². The number of carbonyl (C=O) groups excluding carboxylic acids is 2. The van der Waals surface area contributed by atoms with E-state index in [4.69, 9.17) is 16.3 Å². The Bertz CT molecular complexity index is 1180. The molecule has 0 bridgehead atoms. The first-order valence-electron chi connectivity index (χ1n) is 9.34. The highest BCUT2D eigenvalue weighted by molar-refractivity contribution is 7.89. The molecule has 0 fully saturated rings. The van der Waals surface area contributed by atoms with Crippen LogP contribution in [0.3, 0.4) is 0 Å². The molecule has 3 aromatic carbocycles. The van der Waals surface area contributed by atoms with Crippen molar-refractivity contribution >= 4 is 33.4 Å². The second-order valence-electron chi connectivity index (χ2n) is 6.75. The maximum atomic E-state index is 13.0. The Hall–Kier alpha value is -3.00. The minimum absolute atomic E-state index is 0.0295. The summed E-state index contributed by atoms with van der Waals surface area (Å²) in [7, 11) is -2.43. The maximum Gasteiger partial charge on any atom is 0.340 e. The summed E-state index contributed by atoms with van der Waals surface area (Å²) in [5.74, 6) is -1.26. The SMILES string of the molecule is CN(Cc1ccccc1)S(=O)(=O)c1ccc(Cl)c(C(=O)OCC(=O)c2ccccc2)c1. The van der Waals surface area contributed by atoms with E-state index < -0.39 is 22.6 Å². The summed E-state index contributed by atoms with van der Waals surface area (Å²) < 4.78 is 32.1. The minimum Gasteiger partial charge on any atom is -0.454 e. The Balaban J connectivity index is 1.75. The number of esters is 1. The fourth-order valence-electron chi connectivity index (χ4n) is 2.84. The highest BCUT2D eigenvalue weighted by Crippen LogP contribution is 2.24. The number of halogens is 1. The molecule has 6 nitrogen and oxygen atoms in total. The van der Waals surface area contributed by atoms with Crippen molar-refractivity contribution in [2.24, 2.45) is 0 Å². The highest BCUT2D eigenvalue weighted by atomic mass is 35.5. The monoisotopic (exact) mass is 457 g/mol. The zero-order chi connectivity index (χ0) is 22.4. The largest absolute Gasteiger partial charge is 0.454 e. The van der Waals surface area contributed by atoms with Crippen LogP contribution in [-0.4, -0.2) is 38.1 Å². The number of sulfonamides is 1. The van der Waals surface area contributed by atoms with Gasteiger partial charge in [-0.2, -0.15) is 4.31 Å². The average molecular weight is 458 g/mol. The molecule has 0 spiro atoms. The first kappa shape index (κ1) is 22.7. The van der Waals surface area contributed by atoms with Crippen molar-refractivity contribution in [3.63, 3.8) is 0 Å². The van der Waals surface area contributed by atoms with Gasteiger partial charge in [0.25, 0.3) is 0 Å². The Morgan fingerprint density at radius 2 is 1.55 bits per heavy atom. The van der Waals surface area contributed by atoms with Gasteiger partial charge in [-0.25, -0.2) is 13.2 Å². The molecule has 0 unspecified atom stereocenters. The molecule has 0 atom stereocenters. The van der Waals surface area contributed by atoms with Gasteiger partial charge in [-0.15, -0.1) is 0 Å². The van der Waals surface area contributed by atoms with Gasteiger partial charge in [-0.3, -0.25) is 4.79 Å². The van der Waals surface area contributed by atoms with Crippen molar-refractivity contribution in [1.82, 2.24) is 4.31 Å². The van der Waals surface area contributed by atoms with Gasteiger partial charge in [0.05, 0.1) is 15.5 Å². The molecule has 31 heavy (non-hydrogen) atoms. The molecule has 0 aliphatic heterocycles. The Kier molecular flexibility index (Phi) is 7.22. The summed E-state index contributed by atoms with van der Waals surface area (Å²) in [5.41, 5.74) is 1.10. The minimum atomic E-state index is -3.88. The number of hydrogen-bond acceptors (Lipinski definition) is 5. The van der Waals surface area contributed by atoms with Crippen molar-refractivity contribution in [1.29, 1.82) is 0 Å². The molecule has 3 aromatic rings. The number of ketones is 1. The van der Waals surface area contributed by atoms with Gasteiger partial charge in [0.2, 0.25) is 10.0 Å². The van der Waals surface area contributed by atoms with E-state index in [1.54, 1.807) is 30.3 Å². The number of rotatable bonds is 8. The first-order valence-corrected chi connectivity index (χ1v) is 11.2. The number of ether oxygens (including phenoxy) is 1. The first-order chi connectivity index (χ1) is 14.8. The fraction of sp³-hybridized carbons (Fsp3) is 0.130. The Labute approximate surface area is 186 Å². The second-order valence-corrected chi connectivity index (χ2v) is 9.21. The number of benzene rings is 3. The van der Waals surface area contributed by atoms with Crippen LogP contribution < -0.4 is 0 Å². The molecule has 0 aliphatic rings. The summed E-state index contributed by atoms with van der Waals surface area (Å²) >= 11 is 6.09. The molecule has 160 valence electrons.